The van der Waals surface area contributed by atoms with E-state index in [1.54, 1.807) is 39.2 Å². The van der Waals surface area contributed by atoms with Crippen molar-refractivity contribution in [3.05, 3.63) is 35.9 Å². The van der Waals surface area contributed by atoms with Crippen LogP contribution in [0.1, 0.15) is 19.4 Å². The van der Waals surface area contributed by atoms with E-state index in [1.165, 1.54) is 6.08 Å². The molecule has 20 heavy (non-hydrogen) atoms. The molecule has 1 amide bonds. The molecule has 0 aliphatic carbocycles. The van der Waals surface area contributed by atoms with Gasteiger partial charge in [0.05, 0.1) is 7.11 Å². The molecule has 0 saturated heterocycles. The molecule has 5 heteroatoms. The molecule has 0 radical (unpaired) electrons. The molecular weight excluding hydrogens is 258 g/mol. The van der Waals surface area contributed by atoms with E-state index in [0.717, 1.165) is 5.56 Å². The number of nitrogens with one attached hydrogen (secondary N) is 1. The summed E-state index contributed by atoms with van der Waals surface area (Å²) in [5.74, 6) is -0.961. The lowest BCUT2D eigenvalue weighted by Crippen LogP contribution is -2.43. The average Bonchev–Trinajstić information content (AvgIpc) is 2.42. The van der Waals surface area contributed by atoms with Crippen molar-refractivity contribution in [2.45, 2.75) is 19.9 Å². The van der Waals surface area contributed by atoms with Crippen LogP contribution in [0.3, 0.4) is 0 Å². The van der Waals surface area contributed by atoms with Gasteiger partial charge in [-0.25, -0.2) is 4.79 Å². The number of hydrogen-bond donors (Lipinski definition) is 2. The van der Waals surface area contributed by atoms with E-state index in [0.29, 0.717) is 5.75 Å². The highest BCUT2D eigenvalue weighted by Crippen LogP contribution is 2.13. The number of carbonyl (C=O) groups excluding carboxylic acids is 1. The molecule has 0 bridgehead atoms. The van der Waals surface area contributed by atoms with Crippen LogP contribution < -0.4 is 10.1 Å². The fraction of sp³-hybridized carbons (Fsp3) is 0.333. The predicted molar refractivity (Wildman–Crippen MR) is 76.4 cm³/mol. The summed E-state index contributed by atoms with van der Waals surface area (Å²) >= 11 is 0. The summed E-state index contributed by atoms with van der Waals surface area (Å²) in [6, 6.07) is 6.32. The third-order valence-electron chi connectivity index (χ3n) is 2.75. The topological polar surface area (TPSA) is 75.6 Å². The molecule has 0 spiro atoms. The van der Waals surface area contributed by atoms with Crippen LogP contribution in [0.2, 0.25) is 0 Å². The predicted octanol–water partition coefficient (Wildman–Crippen LogP) is 1.93. The van der Waals surface area contributed by atoms with Crippen molar-refractivity contribution in [3.63, 3.8) is 0 Å². The SMILES string of the molecule is COc1cccc(/C=C/C(=O)NC(C(=O)O)C(C)C)c1. The summed E-state index contributed by atoms with van der Waals surface area (Å²) in [7, 11) is 1.57. The Labute approximate surface area is 118 Å². The molecule has 1 aromatic rings. The standard InChI is InChI=1S/C15H19NO4/c1-10(2)14(15(18)19)16-13(17)8-7-11-5-4-6-12(9-11)20-3/h4-10,14H,1-3H3,(H,16,17)(H,18,19)/b8-7+. The second-order valence-electron chi connectivity index (χ2n) is 4.68. The minimum atomic E-state index is -1.04. The van der Waals surface area contributed by atoms with E-state index in [9.17, 15) is 9.59 Å². The molecule has 0 heterocycles. The zero-order chi connectivity index (χ0) is 15.1. The van der Waals surface area contributed by atoms with Crippen LogP contribution in [0.25, 0.3) is 6.08 Å². The number of aliphatic carboxylic acids is 1. The molecule has 1 rings (SSSR count). The van der Waals surface area contributed by atoms with E-state index in [1.807, 2.05) is 12.1 Å². The smallest absolute Gasteiger partial charge is 0.326 e. The molecule has 1 unspecified atom stereocenters. The van der Waals surface area contributed by atoms with Crippen LogP contribution in [0, 0.1) is 5.92 Å². The highest BCUT2D eigenvalue weighted by Gasteiger charge is 2.22. The zero-order valence-electron chi connectivity index (χ0n) is 11.8. The van der Waals surface area contributed by atoms with E-state index < -0.39 is 17.9 Å². The van der Waals surface area contributed by atoms with Gasteiger partial charge in [0.2, 0.25) is 5.91 Å². The van der Waals surface area contributed by atoms with Gasteiger partial charge in [-0.2, -0.15) is 0 Å². The Hall–Kier alpha value is -2.30. The molecule has 108 valence electrons. The van der Waals surface area contributed by atoms with Crippen LogP contribution >= 0.6 is 0 Å². The van der Waals surface area contributed by atoms with Crippen LogP contribution in [-0.4, -0.2) is 30.1 Å². The summed E-state index contributed by atoms with van der Waals surface area (Å²) < 4.78 is 5.08. The molecule has 0 fully saturated rings. The van der Waals surface area contributed by atoms with Gasteiger partial charge in [0.25, 0.3) is 0 Å². The minimum absolute atomic E-state index is 0.179. The molecule has 0 saturated carbocycles. The van der Waals surface area contributed by atoms with E-state index in [2.05, 4.69) is 5.32 Å². The van der Waals surface area contributed by atoms with Crippen molar-refractivity contribution in [2.24, 2.45) is 5.92 Å². The zero-order valence-corrected chi connectivity index (χ0v) is 11.8. The fourth-order valence-corrected chi connectivity index (χ4v) is 1.63. The first-order chi connectivity index (χ1) is 9.43. The van der Waals surface area contributed by atoms with Gasteiger partial charge in [-0.05, 0) is 29.7 Å². The van der Waals surface area contributed by atoms with Crippen molar-refractivity contribution < 1.29 is 19.4 Å². The maximum Gasteiger partial charge on any atom is 0.326 e. The van der Waals surface area contributed by atoms with Gasteiger partial charge in [-0.1, -0.05) is 26.0 Å². The van der Waals surface area contributed by atoms with Crippen molar-refractivity contribution in [1.82, 2.24) is 5.32 Å². The summed E-state index contributed by atoms with van der Waals surface area (Å²) in [4.78, 5) is 22.7. The number of hydrogen-bond acceptors (Lipinski definition) is 3. The second-order valence-corrected chi connectivity index (χ2v) is 4.68. The number of carboxylic acids is 1. The molecule has 2 N–H and O–H groups in total. The Morgan fingerprint density at radius 1 is 1.35 bits per heavy atom. The quantitative estimate of drug-likeness (QED) is 0.779. The van der Waals surface area contributed by atoms with Crippen LogP contribution in [0.15, 0.2) is 30.3 Å². The van der Waals surface area contributed by atoms with Gasteiger partial charge in [0.15, 0.2) is 0 Å². The third-order valence-corrected chi connectivity index (χ3v) is 2.75. The molecule has 5 nitrogen and oxygen atoms in total. The normalized spacial score (nSPS) is 12.4. The lowest BCUT2D eigenvalue weighted by Gasteiger charge is -2.16. The average molecular weight is 277 g/mol. The number of carbonyl (C=O) groups is 2. The van der Waals surface area contributed by atoms with Crippen molar-refractivity contribution in [1.29, 1.82) is 0 Å². The number of ether oxygens (including phenoxy) is 1. The van der Waals surface area contributed by atoms with Gasteiger partial charge in [-0.3, -0.25) is 4.79 Å². The minimum Gasteiger partial charge on any atom is -0.497 e. The van der Waals surface area contributed by atoms with E-state index in [-0.39, 0.29) is 5.92 Å². The lowest BCUT2D eigenvalue weighted by atomic mass is 10.0. The Morgan fingerprint density at radius 3 is 2.60 bits per heavy atom. The number of rotatable bonds is 6. The number of benzene rings is 1. The third kappa shape index (κ3) is 4.76. The highest BCUT2D eigenvalue weighted by atomic mass is 16.5. The van der Waals surface area contributed by atoms with Gasteiger partial charge in [-0.15, -0.1) is 0 Å². The molecule has 1 atom stereocenters. The van der Waals surface area contributed by atoms with Crippen molar-refractivity contribution in [2.75, 3.05) is 7.11 Å². The first kappa shape index (κ1) is 15.8. The lowest BCUT2D eigenvalue weighted by molar-refractivity contribution is -0.142. The summed E-state index contributed by atoms with van der Waals surface area (Å²) in [5.41, 5.74) is 0.802. The van der Waals surface area contributed by atoms with E-state index in [4.69, 9.17) is 9.84 Å². The van der Waals surface area contributed by atoms with E-state index >= 15 is 0 Å². The van der Waals surface area contributed by atoms with Gasteiger partial charge < -0.3 is 15.2 Å². The molecule has 0 aliphatic rings. The van der Waals surface area contributed by atoms with Gasteiger partial charge >= 0.3 is 5.97 Å². The first-order valence-electron chi connectivity index (χ1n) is 6.29. The molecular formula is C15H19NO4. The summed E-state index contributed by atoms with van der Waals surface area (Å²) in [6.07, 6.45) is 2.92. The van der Waals surface area contributed by atoms with Gasteiger partial charge in [0.1, 0.15) is 11.8 Å². The fourth-order valence-electron chi connectivity index (χ4n) is 1.63. The molecule has 0 aromatic heterocycles. The summed E-state index contributed by atoms with van der Waals surface area (Å²) in [6.45, 7) is 3.48. The first-order valence-corrected chi connectivity index (χ1v) is 6.29. The number of carboxylic acid groups (broad SMARTS) is 1. The Morgan fingerprint density at radius 2 is 2.05 bits per heavy atom. The highest BCUT2D eigenvalue weighted by molar-refractivity contribution is 5.94. The Bertz CT molecular complexity index is 508. The maximum atomic E-state index is 11.7. The van der Waals surface area contributed by atoms with Crippen molar-refractivity contribution >= 4 is 18.0 Å². The van der Waals surface area contributed by atoms with Crippen molar-refractivity contribution in [3.8, 4) is 5.75 Å². The Kier molecular flexibility index (Phi) is 5.77. The molecule has 1 aromatic carbocycles. The second kappa shape index (κ2) is 7.33. The monoisotopic (exact) mass is 277 g/mol. The van der Waals surface area contributed by atoms with Crippen LogP contribution in [0.4, 0.5) is 0 Å². The maximum absolute atomic E-state index is 11.7. The largest absolute Gasteiger partial charge is 0.497 e. The summed E-state index contributed by atoms with van der Waals surface area (Å²) in [5, 5.41) is 11.4. The Balaban J connectivity index is 2.69. The number of methoxy groups -OCH3 is 1. The number of amides is 1. The van der Waals surface area contributed by atoms with Gasteiger partial charge in [0, 0.05) is 6.08 Å². The van der Waals surface area contributed by atoms with Crippen LogP contribution in [0.5, 0.6) is 5.75 Å². The van der Waals surface area contributed by atoms with Crippen LogP contribution in [-0.2, 0) is 9.59 Å². The molecule has 0 aliphatic heterocycles.